The Morgan fingerprint density at radius 2 is 1.93 bits per heavy atom. The van der Waals surface area contributed by atoms with Crippen molar-refractivity contribution in [2.24, 2.45) is 0 Å². The predicted octanol–water partition coefficient (Wildman–Crippen LogP) is 2.85. The molecule has 1 amide bonds. The maximum Gasteiger partial charge on any atom is 0.257 e. The Labute approximate surface area is 165 Å². The molecule has 1 N–H and O–H groups in total. The van der Waals surface area contributed by atoms with Gasteiger partial charge in [-0.05, 0) is 36.2 Å². The number of anilines is 1. The van der Waals surface area contributed by atoms with Gasteiger partial charge in [-0.2, -0.15) is 5.26 Å². The molecule has 2 aromatic rings. The van der Waals surface area contributed by atoms with E-state index in [4.69, 9.17) is 4.74 Å². The Hall–Kier alpha value is -2.88. The van der Waals surface area contributed by atoms with Crippen molar-refractivity contribution in [1.29, 1.82) is 5.26 Å². The minimum atomic E-state index is -0.277. The highest BCUT2D eigenvalue weighted by Gasteiger charge is 2.32. The van der Waals surface area contributed by atoms with Gasteiger partial charge in [-0.25, -0.2) is 0 Å². The second-order valence-corrected chi connectivity index (χ2v) is 7.14. The molecule has 0 saturated carbocycles. The van der Waals surface area contributed by atoms with Gasteiger partial charge in [-0.3, -0.25) is 9.69 Å². The summed E-state index contributed by atoms with van der Waals surface area (Å²) >= 11 is 0. The van der Waals surface area contributed by atoms with Crippen LogP contribution in [0.15, 0.2) is 48.5 Å². The second kappa shape index (κ2) is 8.42. The SMILES string of the molecule is N#Cc1cccc([C@@H]2Nc3ccccc3C(=O)N2CCCN2CCOCC2)c1. The van der Waals surface area contributed by atoms with Gasteiger partial charge in [0.1, 0.15) is 6.17 Å². The standard InChI is InChI=1S/C22H24N4O2/c23-16-17-5-3-6-18(15-17)21-24-20-8-2-1-7-19(20)22(27)26(21)10-4-9-25-11-13-28-14-12-25/h1-3,5-8,15,21,24H,4,9-14H2/t21-/m1/s1. The Bertz CT molecular complexity index is 886. The van der Waals surface area contributed by atoms with Gasteiger partial charge in [0.25, 0.3) is 5.91 Å². The first-order valence-electron chi connectivity index (χ1n) is 9.73. The first-order chi connectivity index (χ1) is 13.8. The largest absolute Gasteiger partial charge is 0.379 e. The molecule has 1 atom stereocenters. The second-order valence-electron chi connectivity index (χ2n) is 7.14. The number of para-hydroxylation sites is 1. The van der Waals surface area contributed by atoms with E-state index >= 15 is 0 Å². The maximum atomic E-state index is 13.2. The fourth-order valence-electron chi connectivity index (χ4n) is 3.85. The molecule has 0 spiro atoms. The molecule has 2 aliphatic heterocycles. The maximum absolute atomic E-state index is 13.2. The molecule has 6 nitrogen and oxygen atoms in total. The number of benzene rings is 2. The van der Waals surface area contributed by atoms with Gasteiger partial charge in [0, 0.05) is 31.9 Å². The lowest BCUT2D eigenvalue weighted by atomic mass is 10.0. The molecule has 2 aliphatic rings. The van der Waals surface area contributed by atoms with E-state index in [9.17, 15) is 10.1 Å². The van der Waals surface area contributed by atoms with E-state index < -0.39 is 0 Å². The molecule has 1 saturated heterocycles. The highest BCUT2D eigenvalue weighted by atomic mass is 16.5. The molecule has 0 radical (unpaired) electrons. The molecule has 0 bridgehead atoms. The zero-order chi connectivity index (χ0) is 19.3. The number of nitrogens with one attached hydrogen (secondary N) is 1. The molecule has 1 fully saturated rings. The number of morpholine rings is 1. The van der Waals surface area contributed by atoms with Crippen LogP contribution in [0.2, 0.25) is 0 Å². The van der Waals surface area contributed by atoms with Crippen LogP contribution in [0.25, 0.3) is 0 Å². The summed E-state index contributed by atoms with van der Waals surface area (Å²) in [6.07, 6.45) is 0.615. The molecule has 0 aliphatic carbocycles. The van der Waals surface area contributed by atoms with E-state index in [1.54, 1.807) is 6.07 Å². The highest BCUT2D eigenvalue weighted by Crippen LogP contribution is 2.33. The summed E-state index contributed by atoms with van der Waals surface area (Å²) in [6, 6.07) is 17.3. The predicted molar refractivity (Wildman–Crippen MR) is 107 cm³/mol. The molecule has 2 heterocycles. The number of amides is 1. The zero-order valence-corrected chi connectivity index (χ0v) is 15.8. The van der Waals surface area contributed by atoms with E-state index in [2.05, 4.69) is 16.3 Å². The highest BCUT2D eigenvalue weighted by molar-refractivity contribution is 6.01. The molecule has 4 rings (SSSR count). The molecule has 144 valence electrons. The number of rotatable bonds is 5. The van der Waals surface area contributed by atoms with Crippen molar-refractivity contribution in [1.82, 2.24) is 9.80 Å². The van der Waals surface area contributed by atoms with E-state index in [-0.39, 0.29) is 12.1 Å². The number of nitriles is 1. The van der Waals surface area contributed by atoms with Crippen molar-refractivity contribution < 1.29 is 9.53 Å². The number of hydrogen-bond acceptors (Lipinski definition) is 5. The average molecular weight is 376 g/mol. The average Bonchev–Trinajstić information content (AvgIpc) is 2.76. The number of carbonyl (C=O) groups is 1. The van der Waals surface area contributed by atoms with Crippen molar-refractivity contribution in [3.8, 4) is 6.07 Å². The number of nitrogens with zero attached hydrogens (tertiary/aromatic N) is 3. The van der Waals surface area contributed by atoms with E-state index in [1.807, 2.05) is 47.4 Å². The zero-order valence-electron chi connectivity index (χ0n) is 15.8. The Balaban J connectivity index is 1.56. The first kappa shape index (κ1) is 18.5. The monoisotopic (exact) mass is 376 g/mol. The summed E-state index contributed by atoms with van der Waals surface area (Å²) in [5, 5.41) is 12.8. The third-order valence-corrected chi connectivity index (χ3v) is 5.33. The smallest absolute Gasteiger partial charge is 0.257 e. The molecule has 2 aromatic carbocycles. The lowest BCUT2D eigenvalue weighted by Gasteiger charge is -2.38. The van der Waals surface area contributed by atoms with Crippen LogP contribution < -0.4 is 5.32 Å². The van der Waals surface area contributed by atoms with Crippen LogP contribution in [0.4, 0.5) is 5.69 Å². The lowest BCUT2D eigenvalue weighted by molar-refractivity contribution is 0.0348. The summed E-state index contributed by atoms with van der Waals surface area (Å²) in [6.45, 7) is 5.05. The van der Waals surface area contributed by atoms with Crippen molar-refractivity contribution >= 4 is 11.6 Å². The van der Waals surface area contributed by atoms with Gasteiger partial charge in [-0.15, -0.1) is 0 Å². The quantitative estimate of drug-likeness (QED) is 0.869. The summed E-state index contributed by atoms with van der Waals surface area (Å²) in [7, 11) is 0. The van der Waals surface area contributed by atoms with Gasteiger partial charge in [0.15, 0.2) is 0 Å². The minimum absolute atomic E-state index is 0.0312. The Morgan fingerprint density at radius 3 is 2.75 bits per heavy atom. The van der Waals surface area contributed by atoms with Gasteiger partial charge < -0.3 is 15.0 Å². The van der Waals surface area contributed by atoms with Crippen molar-refractivity contribution in [3.63, 3.8) is 0 Å². The van der Waals surface area contributed by atoms with Crippen LogP contribution >= 0.6 is 0 Å². The number of fused-ring (bicyclic) bond motifs is 1. The van der Waals surface area contributed by atoms with Crippen LogP contribution in [0.3, 0.4) is 0 Å². The van der Waals surface area contributed by atoms with Gasteiger partial charge in [0.2, 0.25) is 0 Å². The molecule has 28 heavy (non-hydrogen) atoms. The Morgan fingerprint density at radius 1 is 1.11 bits per heavy atom. The Kier molecular flexibility index (Phi) is 5.56. The summed E-state index contributed by atoms with van der Waals surface area (Å²) in [4.78, 5) is 17.5. The fourth-order valence-corrected chi connectivity index (χ4v) is 3.85. The summed E-state index contributed by atoms with van der Waals surface area (Å²) in [5.41, 5.74) is 3.05. The molecule has 0 aromatic heterocycles. The normalized spacial score (nSPS) is 19.6. The van der Waals surface area contributed by atoms with Crippen LogP contribution in [-0.4, -0.2) is 55.1 Å². The molecule has 0 unspecified atom stereocenters. The van der Waals surface area contributed by atoms with Crippen LogP contribution in [0, 0.1) is 11.3 Å². The molecular formula is C22H24N4O2. The third kappa shape index (κ3) is 3.86. The van der Waals surface area contributed by atoms with Crippen molar-refractivity contribution in [2.75, 3.05) is 44.7 Å². The van der Waals surface area contributed by atoms with Gasteiger partial charge in [-0.1, -0.05) is 24.3 Å². The third-order valence-electron chi connectivity index (χ3n) is 5.33. The summed E-state index contributed by atoms with van der Waals surface area (Å²) < 4.78 is 5.41. The van der Waals surface area contributed by atoms with Crippen molar-refractivity contribution in [2.45, 2.75) is 12.6 Å². The van der Waals surface area contributed by atoms with Crippen LogP contribution in [0.1, 0.15) is 34.1 Å². The summed E-state index contributed by atoms with van der Waals surface area (Å²) in [5.74, 6) is 0.0312. The van der Waals surface area contributed by atoms with E-state index in [1.165, 1.54) is 0 Å². The molecular weight excluding hydrogens is 352 g/mol. The van der Waals surface area contributed by atoms with Crippen LogP contribution in [0.5, 0.6) is 0 Å². The number of carbonyl (C=O) groups excluding carboxylic acids is 1. The van der Waals surface area contributed by atoms with Crippen LogP contribution in [-0.2, 0) is 4.74 Å². The number of hydrogen-bond donors (Lipinski definition) is 1. The minimum Gasteiger partial charge on any atom is -0.379 e. The van der Waals surface area contributed by atoms with Crippen molar-refractivity contribution in [3.05, 3.63) is 65.2 Å². The molecule has 6 heteroatoms. The topological polar surface area (TPSA) is 68.6 Å². The number of ether oxygens (including phenoxy) is 1. The van der Waals surface area contributed by atoms with Gasteiger partial charge in [0.05, 0.1) is 30.4 Å². The van der Waals surface area contributed by atoms with E-state index in [0.717, 1.165) is 50.5 Å². The van der Waals surface area contributed by atoms with Gasteiger partial charge >= 0.3 is 0 Å². The first-order valence-corrected chi connectivity index (χ1v) is 9.73. The van der Waals surface area contributed by atoms with E-state index in [0.29, 0.717) is 17.7 Å². The fraction of sp³-hybridized carbons (Fsp3) is 0.364. The lowest BCUT2D eigenvalue weighted by Crippen LogP contribution is -2.44.